The highest BCUT2D eigenvalue weighted by atomic mass is 15.2. The lowest BCUT2D eigenvalue weighted by molar-refractivity contribution is 1.13. The van der Waals surface area contributed by atoms with Crippen LogP contribution >= 0.6 is 0 Å². The van der Waals surface area contributed by atoms with Gasteiger partial charge in [0.2, 0.25) is 0 Å². The maximum absolute atomic E-state index is 2.44. The normalized spacial score (nSPS) is 10.9. The molecule has 0 amide bonds. The summed E-state index contributed by atoms with van der Waals surface area (Å²) >= 11 is 0. The van der Waals surface area contributed by atoms with Gasteiger partial charge in [0.15, 0.2) is 0 Å². The molecule has 7 rings (SSSR count). The van der Waals surface area contributed by atoms with E-state index in [4.69, 9.17) is 0 Å². The Morgan fingerprint density at radius 1 is 0.260 bits per heavy atom. The van der Waals surface area contributed by atoms with Crippen molar-refractivity contribution in [1.82, 2.24) is 0 Å². The summed E-state index contributed by atoms with van der Waals surface area (Å²) in [6.07, 6.45) is 0. The summed E-state index contributed by atoms with van der Waals surface area (Å²) in [7, 11) is 0. The molecule has 3 nitrogen and oxygen atoms in total. The van der Waals surface area contributed by atoms with E-state index in [1.165, 1.54) is 27.8 Å². The Balaban J connectivity index is 1.65. The lowest BCUT2D eigenvalue weighted by Gasteiger charge is -2.38. The lowest BCUT2D eigenvalue weighted by atomic mass is 9.93. The van der Waals surface area contributed by atoms with Gasteiger partial charge in [0, 0.05) is 34.1 Å². The fourth-order valence-corrected chi connectivity index (χ4v) is 7.25. The average Bonchev–Trinajstić information content (AvgIpc) is 3.15. The quantitative estimate of drug-likeness (QED) is 0.154. The molecule has 0 aliphatic heterocycles. The number of para-hydroxylation sites is 4. The first kappa shape index (κ1) is 32.5. The zero-order valence-electron chi connectivity index (χ0n) is 29.5. The number of nitrogens with zero attached hydrogens (tertiary/aromatic N) is 3. The zero-order valence-corrected chi connectivity index (χ0v) is 29.5. The summed E-state index contributed by atoms with van der Waals surface area (Å²) in [5.41, 5.74) is 16.1. The predicted octanol–water partition coefficient (Wildman–Crippen LogP) is 13.6. The van der Waals surface area contributed by atoms with Crippen molar-refractivity contribution in [3.8, 4) is 0 Å². The highest BCUT2D eigenvalue weighted by molar-refractivity contribution is 5.97. The van der Waals surface area contributed by atoms with Gasteiger partial charge in [0.05, 0.1) is 17.1 Å². The van der Waals surface area contributed by atoms with Crippen LogP contribution in [0.15, 0.2) is 170 Å². The molecule has 0 heterocycles. The molecule has 0 saturated heterocycles. The number of benzene rings is 7. The van der Waals surface area contributed by atoms with Crippen molar-refractivity contribution in [2.24, 2.45) is 0 Å². The Hall–Kier alpha value is -6.06. The third-order valence-electron chi connectivity index (χ3n) is 9.38. The van der Waals surface area contributed by atoms with Gasteiger partial charge in [-0.1, -0.05) is 97.1 Å². The Labute approximate surface area is 297 Å². The van der Waals surface area contributed by atoms with Gasteiger partial charge in [-0.25, -0.2) is 0 Å². The first-order valence-corrected chi connectivity index (χ1v) is 17.3. The van der Waals surface area contributed by atoms with Gasteiger partial charge in [0.25, 0.3) is 0 Å². The van der Waals surface area contributed by atoms with Crippen LogP contribution in [-0.2, 0) is 0 Å². The minimum atomic E-state index is 1.11. The predicted molar refractivity (Wildman–Crippen MR) is 214 cm³/mol. The van der Waals surface area contributed by atoms with E-state index in [0.29, 0.717) is 0 Å². The van der Waals surface area contributed by atoms with Crippen LogP contribution in [0.5, 0.6) is 0 Å². The summed E-state index contributed by atoms with van der Waals surface area (Å²) in [5, 5.41) is 0. The van der Waals surface area contributed by atoms with E-state index in [1.54, 1.807) is 0 Å². The van der Waals surface area contributed by atoms with Gasteiger partial charge >= 0.3 is 0 Å². The van der Waals surface area contributed by atoms with Crippen LogP contribution in [0.2, 0.25) is 0 Å². The number of aryl methyl sites for hydroxylation is 2. The minimum absolute atomic E-state index is 1.11. The van der Waals surface area contributed by atoms with Crippen LogP contribution < -0.4 is 14.7 Å². The largest absolute Gasteiger partial charge is 0.310 e. The van der Waals surface area contributed by atoms with E-state index in [1.807, 2.05) is 0 Å². The lowest BCUT2D eigenvalue weighted by Crippen LogP contribution is -2.22. The molecule has 7 aromatic rings. The molecule has 0 N–H and O–H groups in total. The summed E-state index contributed by atoms with van der Waals surface area (Å²) in [6.45, 7) is 11.2. The van der Waals surface area contributed by atoms with Crippen molar-refractivity contribution in [3.05, 3.63) is 198 Å². The molecule has 0 radical (unpaired) electrons. The van der Waals surface area contributed by atoms with Crippen LogP contribution in [0, 0.1) is 34.6 Å². The van der Waals surface area contributed by atoms with Crippen molar-refractivity contribution in [3.63, 3.8) is 0 Å². The van der Waals surface area contributed by atoms with E-state index in [-0.39, 0.29) is 0 Å². The first-order valence-electron chi connectivity index (χ1n) is 17.3. The Morgan fingerprint density at radius 2 is 0.500 bits per heavy atom. The van der Waals surface area contributed by atoms with Crippen molar-refractivity contribution in [2.75, 3.05) is 14.7 Å². The maximum atomic E-state index is 2.44. The van der Waals surface area contributed by atoms with E-state index in [0.717, 1.165) is 51.2 Å². The topological polar surface area (TPSA) is 9.72 Å². The Morgan fingerprint density at radius 3 is 0.760 bits per heavy atom. The van der Waals surface area contributed by atoms with Gasteiger partial charge in [0.1, 0.15) is 0 Å². The second kappa shape index (κ2) is 14.2. The van der Waals surface area contributed by atoms with Crippen molar-refractivity contribution < 1.29 is 0 Å². The molecule has 0 aromatic heterocycles. The fourth-order valence-electron chi connectivity index (χ4n) is 7.25. The maximum Gasteiger partial charge on any atom is 0.0562 e. The Bertz CT molecular complexity index is 2060. The van der Waals surface area contributed by atoms with Gasteiger partial charge in [-0.3, -0.25) is 0 Å². The molecule has 50 heavy (non-hydrogen) atoms. The van der Waals surface area contributed by atoms with E-state index in [9.17, 15) is 0 Å². The molecule has 0 spiro atoms. The van der Waals surface area contributed by atoms with Gasteiger partial charge in [-0.05, 0) is 135 Å². The molecule has 0 bridgehead atoms. The van der Waals surface area contributed by atoms with E-state index < -0.39 is 0 Å². The van der Waals surface area contributed by atoms with Crippen LogP contribution in [0.4, 0.5) is 51.2 Å². The van der Waals surface area contributed by atoms with Crippen LogP contribution in [0.25, 0.3) is 0 Å². The summed E-state index contributed by atoms with van der Waals surface area (Å²) in [6, 6.07) is 60.7. The monoisotopic (exact) mass is 649 g/mol. The fraction of sp³-hybridized carbons (Fsp3) is 0.106. The van der Waals surface area contributed by atoms with Crippen molar-refractivity contribution >= 4 is 51.2 Å². The van der Waals surface area contributed by atoms with Crippen molar-refractivity contribution in [2.45, 2.75) is 34.6 Å². The molecule has 0 aliphatic rings. The van der Waals surface area contributed by atoms with E-state index in [2.05, 4.69) is 219 Å². The number of hydrogen-bond acceptors (Lipinski definition) is 3. The molecule has 246 valence electrons. The number of rotatable bonds is 9. The summed E-state index contributed by atoms with van der Waals surface area (Å²) in [4.78, 5) is 7.31. The highest BCUT2D eigenvalue weighted by Gasteiger charge is 2.30. The standard InChI is InChI=1S/C47H43N3/c1-34-20-18-30-43(32-34)49(41-26-14-8-15-27-41)46-36(3)45(48(39-22-10-6-11-23-39)40-24-12-7-13-25-40)37(4)47(38(46)5)50(42-28-16-9-17-29-42)44-31-19-21-35(2)33-44/h6-33H,1-5H3. The molecule has 0 aliphatic carbocycles. The average molecular weight is 650 g/mol. The smallest absolute Gasteiger partial charge is 0.0562 e. The van der Waals surface area contributed by atoms with E-state index >= 15 is 0 Å². The summed E-state index contributed by atoms with van der Waals surface area (Å²) in [5.74, 6) is 0. The van der Waals surface area contributed by atoms with Crippen LogP contribution in [0.3, 0.4) is 0 Å². The molecule has 3 heteroatoms. The summed E-state index contributed by atoms with van der Waals surface area (Å²) < 4.78 is 0. The van der Waals surface area contributed by atoms with Crippen molar-refractivity contribution in [1.29, 1.82) is 0 Å². The third kappa shape index (κ3) is 6.26. The molecule has 0 saturated carbocycles. The molecule has 0 unspecified atom stereocenters. The first-order chi connectivity index (χ1) is 24.4. The van der Waals surface area contributed by atoms with Gasteiger partial charge in [-0.15, -0.1) is 0 Å². The molecule has 7 aromatic carbocycles. The molecule has 0 atom stereocenters. The van der Waals surface area contributed by atoms with Gasteiger partial charge in [-0.2, -0.15) is 0 Å². The zero-order chi connectivity index (χ0) is 34.6. The second-order valence-electron chi connectivity index (χ2n) is 12.9. The SMILES string of the molecule is Cc1cccc(N(c2ccccc2)c2c(C)c(N(c3ccccc3)c3ccccc3)c(C)c(N(c3ccccc3)c3cccc(C)c3)c2C)c1. The molecular formula is C47H43N3. The molecule has 0 fully saturated rings. The Kier molecular flexibility index (Phi) is 9.22. The second-order valence-corrected chi connectivity index (χ2v) is 12.9. The van der Waals surface area contributed by atoms with Crippen LogP contribution in [0.1, 0.15) is 27.8 Å². The third-order valence-corrected chi connectivity index (χ3v) is 9.38. The highest BCUT2D eigenvalue weighted by Crippen LogP contribution is 2.53. The number of hydrogen-bond donors (Lipinski definition) is 0. The van der Waals surface area contributed by atoms with Crippen LogP contribution in [-0.4, -0.2) is 0 Å². The number of anilines is 9. The minimum Gasteiger partial charge on any atom is -0.310 e. The molecular weight excluding hydrogens is 607 g/mol. The van der Waals surface area contributed by atoms with Gasteiger partial charge < -0.3 is 14.7 Å².